The van der Waals surface area contributed by atoms with Crippen LogP contribution in [0.3, 0.4) is 0 Å². The fourth-order valence-electron chi connectivity index (χ4n) is 2.04. The Morgan fingerprint density at radius 3 is 2.54 bits per heavy atom. The largest absolute Gasteiger partial charge is 0.433 e. The Morgan fingerprint density at radius 1 is 1.11 bits per heavy atom. The smallest absolute Gasteiger partial charge is 0.355 e. The van der Waals surface area contributed by atoms with Gasteiger partial charge in [-0.1, -0.05) is 0 Å². The molecule has 28 heavy (non-hydrogen) atoms. The van der Waals surface area contributed by atoms with Crippen molar-refractivity contribution in [3.63, 3.8) is 0 Å². The average molecular weight is 516 g/mol. The SMILES string of the molecule is CN=C(NCCNc1nccc(C(F)(F)F)n1)NCc1cc(F)ccc1F.I. The lowest BCUT2D eigenvalue weighted by molar-refractivity contribution is -0.141. The Labute approximate surface area is 175 Å². The van der Waals surface area contributed by atoms with Crippen LogP contribution in [-0.2, 0) is 12.7 Å². The van der Waals surface area contributed by atoms with E-state index in [0.717, 1.165) is 30.5 Å². The van der Waals surface area contributed by atoms with Crippen molar-refractivity contribution in [1.29, 1.82) is 0 Å². The van der Waals surface area contributed by atoms with Gasteiger partial charge in [-0.2, -0.15) is 13.2 Å². The summed E-state index contributed by atoms with van der Waals surface area (Å²) in [7, 11) is 1.49. The lowest BCUT2D eigenvalue weighted by atomic mass is 10.2. The van der Waals surface area contributed by atoms with E-state index in [1.54, 1.807) is 0 Å². The molecule has 0 aliphatic rings. The van der Waals surface area contributed by atoms with Crippen LogP contribution in [-0.4, -0.2) is 36.1 Å². The highest BCUT2D eigenvalue weighted by atomic mass is 127. The van der Waals surface area contributed by atoms with Gasteiger partial charge < -0.3 is 16.0 Å². The predicted octanol–water partition coefficient (Wildman–Crippen LogP) is 3.17. The van der Waals surface area contributed by atoms with E-state index in [1.165, 1.54) is 7.05 Å². The van der Waals surface area contributed by atoms with E-state index in [4.69, 9.17) is 0 Å². The van der Waals surface area contributed by atoms with Crippen molar-refractivity contribution >= 4 is 35.9 Å². The van der Waals surface area contributed by atoms with Crippen molar-refractivity contribution < 1.29 is 22.0 Å². The maximum absolute atomic E-state index is 13.6. The maximum atomic E-state index is 13.6. The molecule has 1 heterocycles. The molecule has 0 saturated heterocycles. The van der Waals surface area contributed by atoms with E-state index in [1.807, 2.05) is 0 Å². The van der Waals surface area contributed by atoms with Crippen molar-refractivity contribution in [1.82, 2.24) is 20.6 Å². The maximum Gasteiger partial charge on any atom is 0.433 e. The number of hydrogen-bond donors (Lipinski definition) is 3. The Bertz CT molecular complexity index is 799. The van der Waals surface area contributed by atoms with E-state index in [9.17, 15) is 22.0 Å². The molecule has 1 aromatic heterocycles. The Balaban J connectivity index is 0.00000392. The van der Waals surface area contributed by atoms with Gasteiger partial charge in [-0.15, -0.1) is 24.0 Å². The van der Waals surface area contributed by atoms with Crippen LogP contribution < -0.4 is 16.0 Å². The molecule has 1 aromatic carbocycles. The van der Waals surface area contributed by atoms with Crippen LogP contribution in [0.25, 0.3) is 0 Å². The van der Waals surface area contributed by atoms with Gasteiger partial charge in [-0.25, -0.2) is 18.7 Å². The Kier molecular flexibility index (Phi) is 9.28. The Hall–Kier alpha value is -2.25. The standard InChI is InChI=1S/C16H17F5N6.HI/c1-22-14(26-9-10-8-11(17)2-3-12(10)18)24-6-7-25-15-23-5-4-13(27-15)16(19,20)21;/h2-5,8H,6-7,9H2,1H3,(H2,22,24,26)(H,23,25,27);1H. The highest BCUT2D eigenvalue weighted by Crippen LogP contribution is 2.27. The van der Waals surface area contributed by atoms with Crippen molar-refractivity contribution in [3.8, 4) is 0 Å². The molecule has 3 N–H and O–H groups in total. The van der Waals surface area contributed by atoms with Gasteiger partial charge in [-0.3, -0.25) is 4.99 Å². The molecular formula is C16H18F5IN6. The molecule has 0 aliphatic heterocycles. The topological polar surface area (TPSA) is 74.2 Å². The van der Waals surface area contributed by atoms with Gasteiger partial charge in [0, 0.05) is 38.4 Å². The van der Waals surface area contributed by atoms with Crippen LogP contribution in [0.1, 0.15) is 11.3 Å². The van der Waals surface area contributed by atoms with Crippen LogP contribution >= 0.6 is 24.0 Å². The summed E-state index contributed by atoms with van der Waals surface area (Å²) < 4.78 is 64.4. The van der Waals surface area contributed by atoms with Crippen LogP contribution in [0.5, 0.6) is 0 Å². The van der Waals surface area contributed by atoms with Crippen LogP contribution in [0.4, 0.5) is 27.9 Å². The second-order valence-corrected chi connectivity index (χ2v) is 5.28. The number of aliphatic imine (C=N–C) groups is 1. The molecule has 0 fully saturated rings. The van der Waals surface area contributed by atoms with E-state index in [0.29, 0.717) is 5.96 Å². The molecule has 2 rings (SSSR count). The molecule has 0 atom stereocenters. The molecule has 0 radical (unpaired) electrons. The first-order valence-electron chi connectivity index (χ1n) is 7.82. The second kappa shape index (κ2) is 10.9. The van der Waals surface area contributed by atoms with Crippen molar-refractivity contribution in [3.05, 3.63) is 53.4 Å². The number of aromatic nitrogens is 2. The first-order valence-corrected chi connectivity index (χ1v) is 7.82. The zero-order valence-corrected chi connectivity index (χ0v) is 17.0. The number of nitrogens with one attached hydrogen (secondary N) is 3. The molecule has 154 valence electrons. The summed E-state index contributed by atoms with van der Waals surface area (Å²) in [6, 6.07) is 3.90. The van der Waals surface area contributed by atoms with E-state index < -0.39 is 23.5 Å². The van der Waals surface area contributed by atoms with Crippen molar-refractivity contribution in [2.45, 2.75) is 12.7 Å². The van der Waals surface area contributed by atoms with Gasteiger partial charge in [-0.05, 0) is 24.3 Å². The number of hydrogen-bond acceptors (Lipinski definition) is 4. The normalized spacial score (nSPS) is 11.6. The molecule has 2 aromatic rings. The molecule has 6 nitrogen and oxygen atoms in total. The highest BCUT2D eigenvalue weighted by Gasteiger charge is 2.32. The molecule has 12 heteroatoms. The van der Waals surface area contributed by atoms with Crippen LogP contribution in [0.15, 0.2) is 35.5 Å². The third-order valence-electron chi connectivity index (χ3n) is 3.32. The van der Waals surface area contributed by atoms with E-state index in [-0.39, 0.29) is 55.1 Å². The minimum atomic E-state index is -4.55. The number of anilines is 1. The molecule has 0 aliphatic carbocycles. The number of benzene rings is 1. The van der Waals surface area contributed by atoms with E-state index >= 15 is 0 Å². The van der Waals surface area contributed by atoms with Crippen molar-refractivity contribution in [2.24, 2.45) is 4.99 Å². The second-order valence-electron chi connectivity index (χ2n) is 5.28. The minimum absolute atomic E-state index is 0. The molecule has 0 bridgehead atoms. The number of rotatable bonds is 6. The summed E-state index contributed by atoms with van der Waals surface area (Å²) in [4.78, 5) is 11.0. The number of alkyl halides is 3. The molecular weight excluding hydrogens is 498 g/mol. The van der Waals surface area contributed by atoms with Gasteiger partial charge in [0.1, 0.15) is 17.3 Å². The summed E-state index contributed by atoms with van der Waals surface area (Å²) in [5.74, 6) is -0.953. The number of halogens is 6. The van der Waals surface area contributed by atoms with Gasteiger partial charge in [0.25, 0.3) is 0 Å². The average Bonchev–Trinajstić information content (AvgIpc) is 2.63. The molecule has 0 saturated carbocycles. The summed E-state index contributed by atoms with van der Waals surface area (Å²) in [5, 5.41) is 8.33. The summed E-state index contributed by atoms with van der Waals surface area (Å²) in [6.45, 7) is 0.481. The quantitative estimate of drug-likeness (QED) is 0.181. The number of guanidine groups is 1. The lowest BCUT2D eigenvalue weighted by Crippen LogP contribution is -2.39. The highest BCUT2D eigenvalue weighted by molar-refractivity contribution is 14.0. The fourth-order valence-corrected chi connectivity index (χ4v) is 2.04. The van der Waals surface area contributed by atoms with Gasteiger partial charge in [0.15, 0.2) is 5.96 Å². The third-order valence-corrected chi connectivity index (χ3v) is 3.32. The monoisotopic (exact) mass is 516 g/mol. The number of nitrogens with zero attached hydrogens (tertiary/aromatic N) is 3. The summed E-state index contributed by atoms with van der Waals surface area (Å²) in [6.07, 6.45) is -3.53. The molecule has 0 spiro atoms. The molecule has 0 unspecified atom stereocenters. The Morgan fingerprint density at radius 2 is 1.86 bits per heavy atom. The first-order chi connectivity index (χ1) is 12.8. The first kappa shape index (κ1) is 23.8. The van der Waals surface area contributed by atoms with Crippen LogP contribution in [0.2, 0.25) is 0 Å². The zero-order chi connectivity index (χ0) is 19.9. The third kappa shape index (κ3) is 7.40. The van der Waals surface area contributed by atoms with E-state index in [2.05, 4.69) is 30.9 Å². The van der Waals surface area contributed by atoms with Gasteiger partial charge in [0.05, 0.1) is 0 Å². The van der Waals surface area contributed by atoms with Gasteiger partial charge >= 0.3 is 6.18 Å². The van der Waals surface area contributed by atoms with Gasteiger partial charge in [0.2, 0.25) is 5.95 Å². The van der Waals surface area contributed by atoms with Crippen LogP contribution in [0, 0.1) is 11.6 Å². The summed E-state index contributed by atoms with van der Waals surface area (Å²) >= 11 is 0. The molecule has 0 amide bonds. The minimum Gasteiger partial charge on any atom is -0.355 e. The predicted molar refractivity (Wildman–Crippen MR) is 105 cm³/mol. The summed E-state index contributed by atoms with van der Waals surface area (Å²) in [5.41, 5.74) is -0.906. The van der Waals surface area contributed by atoms with Crippen molar-refractivity contribution in [2.75, 3.05) is 25.5 Å². The zero-order valence-electron chi connectivity index (χ0n) is 14.6. The lowest BCUT2D eigenvalue weighted by Gasteiger charge is -2.13. The fraction of sp³-hybridized carbons (Fsp3) is 0.312.